The van der Waals surface area contributed by atoms with Crippen molar-refractivity contribution >= 4 is 27.7 Å². The average Bonchev–Trinajstić information content (AvgIpc) is 2.67. The Balaban J connectivity index is 2.22. The second-order valence-corrected chi connectivity index (χ2v) is 5.40. The van der Waals surface area contributed by atoms with E-state index in [2.05, 4.69) is 26.1 Å². The van der Waals surface area contributed by atoms with Crippen molar-refractivity contribution in [2.45, 2.75) is 30.1 Å². The smallest absolute Gasteiger partial charge is 0.281 e. The van der Waals surface area contributed by atoms with Crippen LogP contribution in [0, 0.1) is 6.92 Å². The lowest BCUT2D eigenvalue weighted by molar-refractivity contribution is 0.199. The first-order valence-corrected chi connectivity index (χ1v) is 6.62. The van der Waals surface area contributed by atoms with Crippen molar-refractivity contribution in [3.05, 3.63) is 34.1 Å². The number of aliphatic hydroxyl groups is 1. The first-order chi connectivity index (χ1) is 8.06. The van der Waals surface area contributed by atoms with E-state index in [1.807, 2.05) is 18.2 Å². The number of nitrogens with zero attached hydrogens (tertiary/aromatic N) is 2. The van der Waals surface area contributed by atoms with Crippen LogP contribution in [-0.2, 0) is 0 Å². The van der Waals surface area contributed by atoms with Crippen molar-refractivity contribution in [2.24, 2.45) is 0 Å². The standard InChI is InChI=1S/C11H11BrN2O2S/c1-6(15)8-3-4-10(9(12)5-8)17-11-14-13-7(2)16-11/h3-6,15H,1-2H3. The maximum absolute atomic E-state index is 9.46. The van der Waals surface area contributed by atoms with Gasteiger partial charge in [-0.1, -0.05) is 6.07 Å². The van der Waals surface area contributed by atoms with Gasteiger partial charge in [-0.2, -0.15) is 0 Å². The van der Waals surface area contributed by atoms with Gasteiger partial charge in [0.15, 0.2) is 0 Å². The largest absolute Gasteiger partial charge is 0.416 e. The number of benzene rings is 1. The number of hydrogen-bond acceptors (Lipinski definition) is 5. The van der Waals surface area contributed by atoms with Crippen molar-refractivity contribution in [1.82, 2.24) is 10.2 Å². The second kappa shape index (κ2) is 5.20. The Morgan fingerprint density at radius 1 is 1.41 bits per heavy atom. The highest BCUT2D eigenvalue weighted by atomic mass is 79.9. The minimum Gasteiger partial charge on any atom is -0.416 e. The van der Waals surface area contributed by atoms with Crippen LogP contribution < -0.4 is 0 Å². The quantitative estimate of drug-likeness (QED) is 0.941. The summed E-state index contributed by atoms with van der Waals surface area (Å²) in [6.45, 7) is 3.48. The van der Waals surface area contributed by atoms with Gasteiger partial charge in [0, 0.05) is 16.3 Å². The van der Waals surface area contributed by atoms with Gasteiger partial charge in [0.05, 0.1) is 6.10 Å². The Morgan fingerprint density at radius 2 is 2.18 bits per heavy atom. The molecule has 1 N–H and O–H groups in total. The van der Waals surface area contributed by atoms with Crippen LogP contribution in [0.4, 0.5) is 0 Å². The lowest BCUT2D eigenvalue weighted by atomic mass is 10.1. The van der Waals surface area contributed by atoms with Crippen molar-refractivity contribution in [3.8, 4) is 0 Å². The van der Waals surface area contributed by atoms with Gasteiger partial charge in [0.2, 0.25) is 5.89 Å². The van der Waals surface area contributed by atoms with Crippen LogP contribution in [0.2, 0.25) is 0 Å². The van der Waals surface area contributed by atoms with Gasteiger partial charge in [-0.25, -0.2) is 0 Å². The molecule has 1 aromatic carbocycles. The molecule has 1 atom stereocenters. The highest BCUT2D eigenvalue weighted by Gasteiger charge is 2.10. The Hall–Kier alpha value is -0.850. The fourth-order valence-corrected chi connectivity index (χ4v) is 2.64. The van der Waals surface area contributed by atoms with E-state index in [4.69, 9.17) is 4.42 Å². The van der Waals surface area contributed by atoms with E-state index in [0.717, 1.165) is 14.9 Å². The van der Waals surface area contributed by atoms with Gasteiger partial charge < -0.3 is 9.52 Å². The Kier molecular flexibility index (Phi) is 3.86. The fourth-order valence-electron chi connectivity index (χ4n) is 1.27. The fraction of sp³-hybridized carbons (Fsp3) is 0.273. The molecule has 0 radical (unpaired) electrons. The molecule has 0 amide bonds. The highest BCUT2D eigenvalue weighted by Crippen LogP contribution is 2.34. The van der Waals surface area contributed by atoms with Gasteiger partial charge in [0.25, 0.3) is 5.22 Å². The number of aryl methyl sites for hydroxylation is 1. The van der Waals surface area contributed by atoms with Gasteiger partial charge >= 0.3 is 0 Å². The Labute approximate surface area is 112 Å². The number of rotatable bonds is 3. The van der Waals surface area contributed by atoms with Crippen LogP contribution in [0.25, 0.3) is 0 Å². The Morgan fingerprint density at radius 3 is 2.71 bits per heavy atom. The molecule has 0 spiro atoms. The van der Waals surface area contributed by atoms with Crippen molar-refractivity contribution < 1.29 is 9.52 Å². The Bertz CT molecular complexity index is 528. The molecule has 0 fully saturated rings. The number of hydrogen-bond donors (Lipinski definition) is 1. The van der Waals surface area contributed by atoms with E-state index in [-0.39, 0.29) is 0 Å². The monoisotopic (exact) mass is 314 g/mol. The van der Waals surface area contributed by atoms with Crippen LogP contribution in [0.3, 0.4) is 0 Å². The summed E-state index contributed by atoms with van der Waals surface area (Å²) in [5, 5.41) is 17.7. The molecule has 1 unspecified atom stereocenters. The molecule has 6 heteroatoms. The van der Waals surface area contributed by atoms with Crippen LogP contribution >= 0.6 is 27.7 Å². The zero-order chi connectivity index (χ0) is 12.4. The molecular weight excluding hydrogens is 304 g/mol. The predicted molar refractivity (Wildman–Crippen MR) is 67.9 cm³/mol. The zero-order valence-corrected chi connectivity index (χ0v) is 11.7. The van der Waals surface area contributed by atoms with E-state index in [9.17, 15) is 5.11 Å². The summed E-state index contributed by atoms with van der Waals surface area (Å²) in [6, 6.07) is 5.67. The van der Waals surface area contributed by atoms with Crippen LogP contribution in [-0.4, -0.2) is 15.3 Å². The molecule has 0 saturated carbocycles. The third-order valence-corrected chi connectivity index (χ3v) is 3.98. The molecular formula is C11H11BrN2O2S. The SMILES string of the molecule is Cc1nnc(Sc2ccc(C(C)O)cc2Br)o1. The van der Waals surface area contributed by atoms with E-state index >= 15 is 0 Å². The molecule has 4 nitrogen and oxygen atoms in total. The predicted octanol–water partition coefficient (Wildman–Crippen LogP) is 3.35. The maximum atomic E-state index is 9.46. The van der Waals surface area contributed by atoms with Crippen LogP contribution in [0.15, 0.2) is 37.2 Å². The van der Waals surface area contributed by atoms with Crippen LogP contribution in [0.1, 0.15) is 24.5 Å². The van der Waals surface area contributed by atoms with E-state index in [1.165, 1.54) is 11.8 Å². The molecule has 0 saturated heterocycles. The third kappa shape index (κ3) is 3.08. The summed E-state index contributed by atoms with van der Waals surface area (Å²) in [7, 11) is 0. The minimum absolute atomic E-state index is 0.476. The van der Waals surface area contributed by atoms with Gasteiger partial charge in [-0.15, -0.1) is 10.2 Å². The molecule has 0 aliphatic rings. The number of aliphatic hydroxyl groups excluding tert-OH is 1. The lowest BCUT2D eigenvalue weighted by Gasteiger charge is -2.07. The lowest BCUT2D eigenvalue weighted by Crippen LogP contribution is -1.90. The van der Waals surface area contributed by atoms with Gasteiger partial charge in [-0.05, 0) is 52.3 Å². The molecule has 0 bridgehead atoms. The third-order valence-electron chi connectivity index (χ3n) is 2.14. The number of aromatic nitrogens is 2. The van der Waals surface area contributed by atoms with Gasteiger partial charge in [-0.3, -0.25) is 0 Å². The molecule has 17 heavy (non-hydrogen) atoms. The summed E-state index contributed by atoms with van der Waals surface area (Å²) in [5.41, 5.74) is 0.864. The summed E-state index contributed by atoms with van der Waals surface area (Å²) >= 11 is 4.84. The molecule has 2 aromatic rings. The zero-order valence-electron chi connectivity index (χ0n) is 9.35. The highest BCUT2D eigenvalue weighted by molar-refractivity contribution is 9.10. The molecule has 1 aromatic heterocycles. The van der Waals surface area contributed by atoms with Crippen molar-refractivity contribution in [1.29, 1.82) is 0 Å². The maximum Gasteiger partial charge on any atom is 0.281 e. The summed E-state index contributed by atoms with van der Waals surface area (Å²) < 4.78 is 6.19. The van der Waals surface area contributed by atoms with E-state index in [0.29, 0.717) is 11.1 Å². The average molecular weight is 315 g/mol. The second-order valence-electron chi connectivity index (χ2n) is 3.55. The van der Waals surface area contributed by atoms with Crippen LogP contribution in [0.5, 0.6) is 0 Å². The van der Waals surface area contributed by atoms with Crippen molar-refractivity contribution in [2.75, 3.05) is 0 Å². The van der Waals surface area contributed by atoms with E-state index < -0.39 is 6.10 Å². The van der Waals surface area contributed by atoms with Crippen molar-refractivity contribution in [3.63, 3.8) is 0 Å². The number of halogens is 1. The summed E-state index contributed by atoms with van der Waals surface area (Å²) in [5.74, 6) is 0.546. The molecule has 90 valence electrons. The normalized spacial score (nSPS) is 12.7. The van der Waals surface area contributed by atoms with Gasteiger partial charge in [0.1, 0.15) is 0 Å². The first-order valence-electron chi connectivity index (χ1n) is 5.01. The minimum atomic E-state index is -0.476. The molecule has 0 aliphatic carbocycles. The van der Waals surface area contributed by atoms with E-state index in [1.54, 1.807) is 13.8 Å². The summed E-state index contributed by atoms with van der Waals surface area (Å²) in [6.07, 6.45) is -0.476. The molecule has 1 heterocycles. The topological polar surface area (TPSA) is 59.2 Å². The summed E-state index contributed by atoms with van der Waals surface area (Å²) in [4.78, 5) is 0.970. The molecule has 0 aliphatic heterocycles. The molecule has 2 rings (SSSR count). The first kappa shape index (κ1) is 12.6.